The average molecular weight is 526 g/mol. The van der Waals surface area contributed by atoms with E-state index in [9.17, 15) is 14.4 Å². The van der Waals surface area contributed by atoms with Crippen molar-refractivity contribution in [3.63, 3.8) is 0 Å². The van der Waals surface area contributed by atoms with Crippen molar-refractivity contribution in [3.8, 4) is 17.6 Å². The molecular formula is C30H40FN3O4. The minimum atomic E-state index is -0.511. The summed E-state index contributed by atoms with van der Waals surface area (Å²) < 4.78 is 29.8. The van der Waals surface area contributed by atoms with Crippen molar-refractivity contribution in [2.75, 3.05) is 59.1 Å². The second kappa shape index (κ2) is 14.7. The van der Waals surface area contributed by atoms with Gasteiger partial charge in [0.2, 0.25) is 0 Å². The molecule has 0 aliphatic carbocycles. The summed E-state index contributed by atoms with van der Waals surface area (Å²) in [5, 5.41) is 10.1. The molecule has 0 radical (unpaired) electrons. The molecule has 3 rings (SSSR count). The molecule has 1 heterocycles. The lowest BCUT2D eigenvalue weighted by Gasteiger charge is -2.36. The van der Waals surface area contributed by atoms with Gasteiger partial charge >= 0.3 is 5.97 Å². The van der Waals surface area contributed by atoms with E-state index in [-0.39, 0.29) is 24.9 Å². The van der Waals surface area contributed by atoms with Gasteiger partial charge in [-0.2, -0.15) is 5.26 Å². The molecular weight excluding hydrogens is 485 g/mol. The third-order valence-corrected chi connectivity index (χ3v) is 7.21. The van der Waals surface area contributed by atoms with Crippen LogP contribution >= 0.6 is 0 Å². The molecule has 1 unspecified atom stereocenters. The number of carbonyl (C=O) groups excluding carboxylic acids is 1. The number of hydrogen-bond acceptors (Lipinski definition) is 7. The number of esters is 1. The van der Waals surface area contributed by atoms with Crippen LogP contribution in [0.3, 0.4) is 0 Å². The molecule has 0 amide bonds. The second-order valence-electron chi connectivity index (χ2n) is 9.92. The van der Waals surface area contributed by atoms with Crippen molar-refractivity contribution in [1.29, 1.82) is 5.26 Å². The number of ether oxygens (including phenoxy) is 3. The van der Waals surface area contributed by atoms with E-state index in [0.717, 1.165) is 57.7 Å². The first-order valence-electron chi connectivity index (χ1n) is 13.5. The van der Waals surface area contributed by atoms with Gasteiger partial charge < -0.3 is 19.1 Å². The number of halogens is 1. The molecule has 0 N–H and O–H groups in total. The largest absolute Gasteiger partial charge is 0.488 e. The molecule has 0 saturated carbocycles. The van der Waals surface area contributed by atoms with Crippen LogP contribution in [0.15, 0.2) is 48.5 Å². The Labute approximate surface area is 226 Å². The predicted molar refractivity (Wildman–Crippen MR) is 145 cm³/mol. The molecule has 1 atom stereocenters. The van der Waals surface area contributed by atoms with Crippen molar-refractivity contribution >= 4 is 5.97 Å². The Morgan fingerprint density at radius 3 is 2.34 bits per heavy atom. The summed E-state index contributed by atoms with van der Waals surface area (Å²) in [7, 11) is 0. The van der Waals surface area contributed by atoms with E-state index in [1.807, 2.05) is 18.2 Å². The van der Waals surface area contributed by atoms with E-state index in [4.69, 9.17) is 14.2 Å². The third-order valence-electron chi connectivity index (χ3n) is 7.21. The topological polar surface area (TPSA) is 75.0 Å². The second-order valence-corrected chi connectivity index (χ2v) is 9.92. The monoisotopic (exact) mass is 525 g/mol. The fourth-order valence-electron chi connectivity index (χ4n) is 4.91. The quantitative estimate of drug-likeness (QED) is 0.332. The van der Waals surface area contributed by atoms with E-state index < -0.39 is 17.2 Å². The lowest BCUT2D eigenvalue weighted by molar-refractivity contribution is -0.145. The minimum absolute atomic E-state index is 0.188. The molecule has 206 valence electrons. The van der Waals surface area contributed by atoms with E-state index >= 15 is 0 Å². The fraction of sp³-hybridized carbons (Fsp3) is 0.533. The summed E-state index contributed by atoms with van der Waals surface area (Å²) in [6.07, 6.45) is 1.82. The number of rotatable bonds is 14. The Kier molecular flexibility index (Phi) is 11.4. The summed E-state index contributed by atoms with van der Waals surface area (Å²) >= 11 is 0. The standard InChI is InChI=1S/C30H40FN3O4/c1-4-36-29(35)22-38-28-21-26(31)11-12-27(28)37-20-19-34-17-15-33(16-18-34)14-8-13-30(23-32,24(2)3)25-9-6-5-7-10-25/h5-7,9-12,21,24H,4,8,13-20,22H2,1-3H3. The highest BCUT2D eigenvalue weighted by molar-refractivity contribution is 5.71. The van der Waals surface area contributed by atoms with Gasteiger partial charge in [-0.1, -0.05) is 44.2 Å². The number of nitriles is 1. The van der Waals surface area contributed by atoms with Crippen LogP contribution in [0.25, 0.3) is 0 Å². The van der Waals surface area contributed by atoms with Crippen LogP contribution in [0.2, 0.25) is 0 Å². The van der Waals surface area contributed by atoms with Gasteiger partial charge in [0.25, 0.3) is 0 Å². The Balaban J connectivity index is 1.41. The van der Waals surface area contributed by atoms with E-state index in [2.05, 4.69) is 41.8 Å². The molecule has 0 spiro atoms. The van der Waals surface area contributed by atoms with Crippen molar-refractivity contribution in [2.24, 2.45) is 5.92 Å². The average Bonchev–Trinajstić information content (AvgIpc) is 2.92. The number of benzene rings is 2. The first-order chi connectivity index (χ1) is 18.4. The zero-order valence-corrected chi connectivity index (χ0v) is 22.8. The fourth-order valence-corrected chi connectivity index (χ4v) is 4.91. The van der Waals surface area contributed by atoms with Crippen LogP contribution in [0.4, 0.5) is 4.39 Å². The zero-order valence-electron chi connectivity index (χ0n) is 22.8. The minimum Gasteiger partial charge on any atom is -0.488 e. The van der Waals surface area contributed by atoms with Crippen LogP contribution < -0.4 is 9.47 Å². The van der Waals surface area contributed by atoms with E-state index in [1.165, 1.54) is 18.2 Å². The van der Waals surface area contributed by atoms with Crippen LogP contribution in [-0.4, -0.2) is 74.9 Å². The van der Waals surface area contributed by atoms with Crippen LogP contribution in [-0.2, 0) is 14.9 Å². The molecule has 0 bridgehead atoms. The SMILES string of the molecule is CCOC(=O)COc1cc(F)ccc1OCCN1CCN(CCCC(C#N)(c2ccccc2)C(C)C)CC1. The summed E-state index contributed by atoms with van der Waals surface area (Å²) in [5.74, 6) is -0.143. The van der Waals surface area contributed by atoms with Gasteiger partial charge in [-0.25, -0.2) is 9.18 Å². The molecule has 2 aromatic carbocycles. The number of nitrogens with zero attached hydrogens (tertiary/aromatic N) is 3. The summed E-state index contributed by atoms with van der Waals surface area (Å²) in [5.41, 5.74) is 0.651. The molecule has 1 saturated heterocycles. The Morgan fingerprint density at radius 2 is 1.71 bits per heavy atom. The van der Waals surface area contributed by atoms with Crippen molar-refractivity contribution in [1.82, 2.24) is 9.80 Å². The molecule has 1 aliphatic rings. The summed E-state index contributed by atoms with van der Waals surface area (Å²) in [6.45, 7) is 11.9. The number of carbonyl (C=O) groups is 1. The first kappa shape index (κ1) is 29.4. The van der Waals surface area contributed by atoms with Crippen LogP contribution in [0, 0.1) is 23.1 Å². The van der Waals surface area contributed by atoms with Gasteiger partial charge in [0.15, 0.2) is 18.1 Å². The predicted octanol–water partition coefficient (Wildman–Crippen LogP) is 4.66. The van der Waals surface area contributed by atoms with Gasteiger partial charge in [0, 0.05) is 38.8 Å². The van der Waals surface area contributed by atoms with Crippen LogP contribution in [0.5, 0.6) is 11.5 Å². The highest BCUT2D eigenvalue weighted by Crippen LogP contribution is 2.36. The van der Waals surface area contributed by atoms with Crippen LogP contribution in [0.1, 0.15) is 39.2 Å². The zero-order chi connectivity index (χ0) is 27.4. The number of piperazine rings is 1. The molecule has 7 nitrogen and oxygen atoms in total. The summed E-state index contributed by atoms with van der Waals surface area (Å²) in [6, 6.07) is 16.9. The molecule has 1 fully saturated rings. The van der Waals surface area contributed by atoms with E-state index in [0.29, 0.717) is 12.4 Å². The van der Waals surface area contributed by atoms with Crippen molar-refractivity contribution in [3.05, 3.63) is 59.9 Å². The number of hydrogen-bond donors (Lipinski definition) is 0. The lowest BCUT2D eigenvalue weighted by atomic mass is 9.70. The molecule has 38 heavy (non-hydrogen) atoms. The van der Waals surface area contributed by atoms with Gasteiger partial charge in [-0.05, 0) is 49.9 Å². The van der Waals surface area contributed by atoms with E-state index in [1.54, 1.807) is 6.92 Å². The van der Waals surface area contributed by atoms with Crippen molar-refractivity contribution in [2.45, 2.75) is 39.0 Å². The summed E-state index contributed by atoms with van der Waals surface area (Å²) in [4.78, 5) is 16.4. The van der Waals surface area contributed by atoms with Gasteiger partial charge in [0.05, 0.1) is 18.1 Å². The highest BCUT2D eigenvalue weighted by atomic mass is 19.1. The van der Waals surface area contributed by atoms with Gasteiger partial charge in [-0.3, -0.25) is 4.90 Å². The first-order valence-corrected chi connectivity index (χ1v) is 13.5. The molecule has 8 heteroatoms. The Morgan fingerprint density at radius 1 is 1.03 bits per heavy atom. The molecule has 1 aliphatic heterocycles. The van der Waals surface area contributed by atoms with Gasteiger partial charge in [-0.15, -0.1) is 0 Å². The normalized spacial score (nSPS) is 16.0. The smallest absolute Gasteiger partial charge is 0.344 e. The third kappa shape index (κ3) is 8.17. The van der Waals surface area contributed by atoms with Gasteiger partial charge in [0.1, 0.15) is 12.4 Å². The Bertz CT molecular complexity index is 1050. The maximum Gasteiger partial charge on any atom is 0.344 e. The van der Waals surface area contributed by atoms with Crippen molar-refractivity contribution < 1.29 is 23.4 Å². The maximum absolute atomic E-state index is 13.7. The highest BCUT2D eigenvalue weighted by Gasteiger charge is 2.35. The maximum atomic E-state index is 13.7. The Hall–Kier alpha value is -3.15. The lowest BCUT2D eigenvalue weighted by Crippen LogP contribution is -2.47. The molecule has 2 aromatic rings. The molecule has 0 aromatic heterocycles.